The largest absolute Gasteiger partial charge is 0.388 e. The maximum absolute atomic E-state index is 5.65. The highest BCUT2D eigenvalue weighted by molar-refractivity contribution is 7.80. The number of nitrogens with zero attached hydrogens (tertiary/aromatic N) is 2. The molecule has 0 spiro atoms. The molecule has 0 aliphatic rings. The second-order valence-corrected chi connectivity index (χ2v) is 4.53. The van der Waals surface area contributed by atoms with E-state index in [2.05, 4.69) is 16.8 Å². The third-order valence-electron chi connectivity index (χ3n) is 2.70. The summed E-state index contributed by atoms with van der Waals surface area (Å²) in [5, 5.41) is 0. The van der Waals surface area contributed by atoms with Gasteiger partial charge in [-0.05, 0) is 25.6 Å². The zero-order valence-corrected chi connectivity index (χ0v) is 11.3. The number of ether oxygens (including phenoxy) is 1. The van der Waals surface area contributed by atoms with Gasteiger partial charge in [0.2, 0.25) is 0 Å². The molecule has 4 nitrogen and oxygen atoms in total. The fourth-order valence-electron chi connectivity index (χ4n) is 1.58. The van der Waals surface area contributed by atoms with Crippen molar-refractivity contribution in [3.05, 3.63) is 29.6 Å². The summed E-state index contributed by atoms with van der Waals surface area (Å²) in [6.45, 7) is 3.56. The lowest BCUT2D eigenvalue weighted by atomic mass is 10.1. The number of hydrogen-bond donors (Lipinski definition) is 1. The van der Waals surface area contributed by atoms with Crippen molar-refractivity contribution in [2.24, 2.45) is 5.73 Å². The minimum absolute atomic E-state index is 0.333. The normalized spacial score (nSPS) is 12.7. The predicted octanol–water partition coefficient (Wildman–Crippen LogP) is 1.18. The van der Waals surface area contributed by atoms with Gasteiger partial charge in [-0.25, -0.2) is 0 Å². The molecule has 0 bridgehead atoms. The number of hydrogen-bond acceptors (Lipinski definition) is 4. The summed E-state index contributed by atoms with van der Waals surface area (Å²) in [6.07, 6.45) is 1.70. The first kappa shape index (κ1) is 14.0. The highest BCUT2D eigenvalue weighted by Crippen LogP contribution is 2.10. The second-order valence-electron chi connectivity index (χ2n) is 4.09. The van der Waals surface area contributed by atoms with Crippen molar-refractivity contribution in [3.8, 4) is 0 Å². The Kier molecular flexibility index (Phi) is 5.47. The zero-order chi connectivity index (χ0) is 12.8. The average molecular weight is 253 g/mol. The first-order valence-electron chi connectivity index (χ1n) is 5.49. The summed E-state index contributed by atoms with van der Waals surface area (Å²) < 4.78 is 5.13. The maximum Gasteiger partial charge on any atom is 0.123 e. The van der Waals surface area contributed by atoms with E-state index in [4.69, 9.17) is 22.7 Å². The molecular weight excluding hydrogens is 234 g/mol. The van der Waals surface area contributed by atoms with Crippen LogP contribution in [0, 0.1) is 0 Å². The van der Waals surface area contributed by atoms with E-state index in [0.717, 1.165) is 12.1 Å². The molecule has 1 aromatic heterocycles. The van der Waals surface area contributed by atoms with Gasteiger partial charge in [-0.1, -0.05) is 18.3 Å². The summed E-state index contributed by atoms with van der Waals surface area (Å²) in [5.41, 5.74) is 7.40. The Morgan fingerprint density at radius 3 is 2.94 bits per heavy atom. The van der Waals surface area contributed by atoms with Gasteiger partial charge in [0.1, 0.15) is 10.7 Å². The minimum Gasteiger partial charge on any atom is -0.388 e. The number of thiocarbonyl (C=S) groups is 1. The van der Waals surface area contributed by atoms with Crippen LogP contribution in [0.25, 0.3) is 0 Å². The summed E-state index contributed by atoms with van der Waals surface area (Å²) in [4.78, 5) is 6.74. The topological polar surface area (TPSA) is 51.4 Å². The summed E-state index contributed by atoms with van der Waals surface area (Å²) >= 11 is 4.99. The Morgan fingerprint density at radius 2 is 2.35 bits per heavy atom. The molecule has 2 N–H and O–H groups in total. The van der Waals surface area contributed by atoms with Crippen LogP contribution < -0.4 is 5.73 Å². The van der Waals surface area contributed by atoms with Gasteiger partial charge < -0.3 is 10.5 Å². The monoisotopic (exact) mass is 253 g/mol. The third kappa shape index (κ3) is 4.03. The molecule has 0 aliphatic carbocycles. The quantitative estimate of drug-likeness (QED) is 0.772. The number of nitrogens with two attached hydrogens (primary N) is 1. The van der Waals surface area contributed by atoms with Crippen molar-refractivity contribution in [2.45, 2.75) is 19.5 Å². The van der Waals surface area contributed by atoms with Crippen molar-refractivity contribution < 1.29 is 4.74 Å². The number of likely N-dealkylation sites (N-methyl/N-ethyl adjacent to an activating group) is 1. The molecule has 0 aliphatic heterocycles. The van der Waals surface area contributed by atoms with Crippen LogP contribution in [0.4, 0.5) is 0 Å². The fraction of sp³-hybridized carbons (Fsp3) is 0.500. The van der Waals surface area contributed by atoms with Crippen LogP contribution in [-0.2, 0) is 11.3 Å². The minimum atomic E-state index is 0.333. The Hall–Kier alpha value is -1.04. The fourth-order valence-corrected chi connectivity index (χ4v) is 1.76. The van der Waals surface area contributed by atoms with Crippen LogP contribution in [0.5, 0.6) is 0 Å². The van der Waals surface area contributed by atoms with Crippen molar-refractivity contribution in [1.82, 2.24) is 9.88 Å². The molecule has 94 valence electrons. The predicted molar refractivity (Wildman–Crippen MR) is 72.9 cm³/mol. The van der Waals surface area contributed by atoms with Gasteiger partial charge in [0.15, 0.2) is 0 Å². The molecule has 1 rings (SSSR count). The van der Waals surface area contributed by atoms with Gasteiger partial charge in [0.25, 0.3) is 0 Å². The van der Waals surface area contributed by atoms with E-state index >= 15 is 0 Å². The van der Waals surface area contributed by atoms with E-state index in [0.29, 0.717) is 23.3 Å². The highest BCUT2D eigenvalue weighted by Gasteiger charge is 2.12. The molecule has 1 aromatic rings. The standard InChI is InChI=1S/C12H19N3OS/c1-9(8-16-3)15(2)7-10-5-4-6-14-11(10)12(13)17/h4-6,9H,7-8H2,1-3H3,(H2,13,17). The molecule has 1 unspecified atom stereocenters. The Bertz CT molecular complexity index is 384. The van der Waals surface area contributed by atoms with Crippen LogP contribution in [0.1, 0.15) is 18.2 Å². The molecule has 1 atom stereocenters. The van der Waals surface area contributed by atoms with Crippen LogP contribution in [0.3, 0.4) is 0 Å². The van der Waals surface area contributed by atoms with Gasteiger partial charge in [-0.15, -0.1) is 0 Å². The Morgan fingerprint density at radius 1 is 1.65 bits per heavy atom. The molecule has 0 saturated carbocycles. The highest BCUT2D eigenvalue weighted by atomic mass is 32.1. The molecule has 5 heteroatoms. The molecule has 17 heavy (non-hydrogen) atoms. The molecule has 0 saturated heterocycles. The van der Waals surface area contributed by atoms with Crippen LogP contribution in [-0.4, -0.2) is 41.7 Å². The van der Waals surface area contributed by atoms with Gasteiger partial charge in [0.05, 0.1) is 6.61 Å². The molecule has 0 amide bonds. The first-order chi connectivity index (χ1) is 8.06. The lowest BCUT2D eigenvalue weighted by Crippen LogP contribution is -2.33. The molecule has 0 aromatic carbocycles. The Labute approximate surface area is 108 Å². The van der Waals surface area contributed by atoms with E-state index in [-0.39, 0.29) is 0 Å². The van der Waals surface area contributed by atoms with Gasteiger partial charge >= 0.3 is 0 Å². The van der Waals surface area contributed by atoms with E-state index in [1.807, 2.05) is 19.2 Å². The van der Waals surface area contributed by atoms with Crippen LogP contribution in [0.15, 0.2) is 18.3 Å². The molecule has 1 heterocycles. The van der Waals surface area contributed by atoms with E-state index in [1.165, 1.54) is 0 Å². The van der Waals surface area contributed by atoms with E-state index in [9.17, 15) is 0 Å². The van der Waals surface area contributed by atoms with Crippen LogP contribution >= 0.6 is 12.2 Å². The smallest absolute Gasteiger partial charge is 0.123 e. The van der Waals surface area contributed by atoms with Crippen molar-refractivity contribution in [2.75, 3.05) is 20.8 Å². The van der Waals surface area contributed by atoms with Gasteiger partial charge in [-0.3, -0.25) is 9.88 Å². The first-order valence-corrected chi connectivity index (χ1v) is 5.90. The maximum atomic E-state index is 5.65. The Balaban J connectivity index is 2.77. The van der Waals surface area contributed by atoms with Gasteiger partial charge in [0, 0.05) is 25.9 Å². The number of methoxy groups -OCH3 is 1. The SMILES string of the molecule is COCC(C)N(C)Cc1cccnc1C(N)=S. The molecule has 0 fully saturated rings. The summed E-state index contributed by atoms with van der Waals surface area (Å²) in [7, 11) is 3.74. The van der Waals surface area contributed by atoms with E-state index < -0.39 is 0 Å². The van der Waals surface area contributed by atoms with Crippen molar-refractivity contribution >= 4 is 17.2 Å². The van der Waals surface area contributed by atoms with Crippen molar-refractivity contribution in [1.29, 1.82) is 0 Å². The number of rotatable bonds is 6. The lowest BCUT2D eigenvalue weighted by Gasteiger charge is -2.24. The van der Waals surface area contributed by atoms with Crippen LogP contribution in [0.2, 0.25) is 0 Å². The molecule has 0 radical (unpaired) electrons. The average Bonchev–Trinajstić information content (AvgIpc) is 2.29. The summed E-state index contributed by atoms with van der Waals surface area (Å²) in [5.74, 6) is 0. The lowest BCUT2D eigenvalue weighted by molar-refractivity contribution is 0.112. The van der Waals surface area contributed by atoms with E-state index in [1.54, 1.807) is 13.3 Å². The number of pyridine rings is 1. The second kappa shape index (κ2) is 6.64. The number of aromatic nitrogens is 1. The van der Waals surface area contributed by atoms with Gasteiger partial charge in [-0.2, -0.15) is 0 Å². The zero-order valence-electron chi connectivity index (χ0n) is 10.5. The van der Waals surface area contributed by atoms with Crippen molar-refractivity contribution in [3.63, 3.8) is 0 Å². The summed E-state index contributed by atoms with van der Waals surface area (Å²) in [6, 6.07) is 4.23. The molecular formula is C12H19N3OS. The third-order valence-corrected chi connectivity index (χ3v) is 2.90.